The van der Waals surface area contributed by atoms with E-state index in [2.05, 4.69) is 0 Å². The number of amides is 1. The van der Waals surface area contributed by atoms with Gasteiger partial charge in [-0.3, -0.25) is 0 Å². The maximum Gasteiger partial charge on any atom is 0.410 e. The highest BCUT2D eigenvalue weighted by Crippen LogP contribution is 2.25. The summed E-state index contributed by atoms with van der Waals surface area (Å²) in [5.41, 5.74) is -1.90. The van der Waals surface area contributed by atoms with Crippen LogP contribution in [0.25, 0.3) is 0 Å². The van der Waals surface area contributed by atoms with E-state index in [1.54, 1.807) is 20.8 Å². The summed E-state index contributed by atoms with van der Waals surface area (Å²) in [4.78, 5) is 13.2. The summed E-state index contributed by atoms with van der Waals surface area (Å²) in [6.45, 7) is 7.44. The molecule has 0 aromatic heterocycles. The number of carbonyl (C=O) groups excluding carboxylic acids is 1. The summed E-state index contributed by atoms with van der Waals surface area (Å²) in [5, 5.41) is 9.80. The first-order chi connectivity index (χ1) is 7.62. The lowest BCUT2D eigenvalue weighted by Crippen LogP contribution is -2.38. The predicted molar refractivity (Wildman–Crippen MR) is 62.6 cm³/mol. The Morgan fingerprint density at radius 2 is 2.06 bits per heavy atom. The molecule has 1 aliphatic rings. The van der Waals surface area contributed by atoms with Crippen LogP contribution in [-0.2, 0) is 4.74 Å². The van der Waals surface area contributed by atoms with Gasteiger partial charge in [-0.2, -0.15) is 0 Å². The van der Waals surface area contributed by atoms with E-state index >= 15 is 0 Å². The Kier molecular flexibility index (Phi) is 4.02. The monoisotopic (exact) mass is 247 g/mol. The highest BCUT2D eigenvalue weighted by Gasteiger charge is 2.37. The van der Waals surface area contributed by atoms with Gasteiger partial charge >= 0.3 is 6.09 Å². The molecule has 1 fully saturated rings. The summed E-state index contributed by atoms with van der Waals surface area (Å²) >= 11 is 0. The van der Waals surface area contributed by atoms with E-state index in [4.69, 9.17) is 4.74 Å². The van der Waals surface area contributed by atoms with Gasteiger partial charge in [0.1, 0.15) is 11.8 Å². The van der Waals surface area contributed by atoms with E-state index < -0.39 is 23.5 Å². The number of likely N-dealkylation sites (tertiary alicyclic amines) is 1. The van der Waals surface area contributed by atoms with Crippen molar-refractivity contribution in [2.45, 2.75) is 57.9 Å². The Bertz CT molecular complexity index is 286. The van der Waals surface area contributed by atoms with Crippen molar-refractivity contribution in [2.24, 2.45) is 0 Å². The molecule has 17 heavy (non-hydrogen) atoms. The summed E-state index contributed by atoms with van der Waals surface area (Å²) in [5.74, 6) is 0. The van der Waals surface area contributed by atoms with Crippen LogP contribution in [0.15, 0.2) is 0 Å². The van der Waals surface area contributed by atoms with Crippen LogP contribution in [0.2, 0.25) is 0 Å². The number of rotatable bonds is 0. The van der Waals surface area contributed by atoms with Gasteiger partial charge < -0.3 is 14.7 Å². The lowest BCUT2D eigenvalue weighted by Gasteiger charge is -2.26. The van der Waals surface area contributed by atoms with Gasteiger partial charge in [-0.15, -0.1) is 0 Å². The quantitative estimate of drug-likeness (QED) is 0.713. The SMILES string of the molecule is CC(C)(C)OC(=O)N1CC[C@@H](F)[C@@](C)(O)CC1. The summed E-state index contributed by atoms with van der Waals surface area (Å²) in [6.07, 6.45) is -1.36. The molecule has 0 radical (unpaired) electrons. The third-order valence-corrected chi connectivity index (χ3v) is 2.87. The van der Waals surface area contributed by atoms with Gasteiger partial charge in [-0.05, 0) is 40.5 Å². The fourth-order valence-corrected chi connectivity index (χ4v) is 1.72. The standard InChI is InChI=1S/C12H22FNO3/c1-11(2,3)17-10(15)14-7-5-9(13)12(4,16)6-8-14/h9,16H,5-8H2,1-4H3/t9-,12+/m1/s1. The van der Waals surface area contributed by atoms with Gasteiger partial charge in [-0.25, -0.2) is 9.18 Å². The van der Waals surface area contributed by atoms with E-state index in [9.17, 15) is 14.3 Å². The molecule has 0 aromatic rings. The summed E-state index contributed by atoms with van der Waals surface area (Å²) in [7, 11) is 0. The van der Waals surface area contributed by atoms with Crippen molar-refractivity contribution >= 4 is 6.09 Å². The van der Waals surface area contributed by atoms with Crippen molar-refractivity contribution in [1.29, 1.82) is 0 Å². The smallest absolute Gasteiger partial charge is 0.410 e. The molecule has 2 atom stereocenters. The minimum atomic E-state index is -1.35. The zero-order valence-electron chi connectivity index (χ0n) is 11.0. The minimum absolute atomic E-state index is 0.145. The van der Waals surface area contributed by atoms with E-state index in [1.807, 2.05) is 0 Å². The topological polar surface area (TPSA) is 49.8 Å². The van der Waals surface area contributed by atoms with Crippen LogP contribution >= 0.6 is 0 Å². The van der Waals surface area contributed by atoms with Crippen LogP contribution in [0.3, 0.4) is 0 Å². The molecule has 0 saturated carbocycles. The molecular weight excluding hydrogens is 225 g/mol. The van der Waals surface area contributed by atoms with Crippen LogP contribution in [-0.4, -0.2) is 46.6 Å². The second-order valence-electron chi connectivity index (χ2n) is 5.83. The fourth-order valence-electron chi connectivity index (χ4n) is 1.72. The van der Waals surface area contributed by atoms with Gasteiger partial charge in [0, 0.05) is 13.1 Å². The fraction of sp³-hybridized carbons (Fsp3) is 0.917. The number of aliphatic hydroxyl groups is 1. The number of carbonyl (C=O) groups is 1. The Labute approximate surface area is 102 Å². The molecule has 1 N–H and O–H groups in total. The number of halogens is 1. The zero-order valence-corrected chi connectivity index (χ0v) is 11.0. The number of alkyl halides is 1. The first-order valence-corrected chi connectivity index (χ1v) is 5.96. The molecule has 4 nitrogen and oxygen atoms in total. The average molecular weight is 247 g/mol. The predicted octanol–water partition coefficient (Wildman–Crippen LogP) is 2.11. The van der Waals surface area contributed by atoms with E-state index in [0.717, 1.165) is 0 Å². The first-order valence-electron chi connectivity index (χ1n) is 5.96. The maximum atomic E-state index is 13.6. The number of hydrogen-bond acceptors (Lipinski definition) is 3. The molecule has 0 spiro atoms. The van der Waals surface area contributed by atoms with Crippen molar-refractivity contribution in [2.75, 3.05) is 13.1 Å². The Balaban J connectivity index is 2.60. The first kappa shape index (κ1) is 14.2. The van der Waals surface area contributed by atoms with Crippen LogP contribution in [0.5, 0.6) is 0 Å². The molecule has 0 aromatic carbocycles. The Morgan fingerprint density at radius 3 is 2.59 bits per heavy atom. The van der Waals surface area contributed by atoms with Gasteiger partial charge in [0.2, 0.25) is 0 Å². The molecular formula is C12H22FNO3. The molecule has 0 aliphatic carbocycles. The van der Waals surface area contributed by atoms with Crippen molar-refractivity contribution in [3.05, 3.63) is 0 Å². The zero-order chi connectivity index (χ0) is 13.3. The minimum Gasteiger partial charge on any atom is -0.444 e. The van der Waals surface area contributed by atoms with Crippen LogP contribution in [0.4, 0.5) is 9.18 Å². The molecule has 0 unspecified atom stereocenters. The van der Waals surface area contributed by atoms with Gasteiger partial charge in [0.05, 0.1) is 5.60 Å². The summed E-state index contributed by atoms with van der Waals surface area (Å²) < 4.78 is 18.8. The van der Waals surface area contributed by atoms with Gasteiger partial charge in [0.25, 0.3) is 0 Å². The van der Waals surface area contributed by atoms with Crippen molar-refractivity contribution in [3.8, 4) is 0 Å². The molecule has 1 heterocycles. The Morgan fingerprint density at radius 1 is 1.47 bits per heavy atom. The highest BCUT2D eigenvalue weighted by atomic mass is 19.1. The number of hydrogen-bond donors (Lipinski definition) is 1. The van der Waals surface area contributed by atoms with E-state index in [1.165, 1.54) is 11.8 Å². The normalized spacial score (nSPS) is 30.9. The largest absolute Gasteiger partial charge is 0.444 e. The van der Waals surface area contributed by atoms with E-state index in [0.29, 0.717) is 6.54 Å². The lowest BCUT2D eigenvalue weighted by atomic mass is 9.96. The maximum absolute atomic E-state index is 13.6. The highest BCUT2D eigenvalue weighted by molar-refractivity contribution is 5.68. The third kappa shape index (κ3) is 4.15. The molecule has 5 heteroatoms. The second-order valence-corrected chi connectivity index (χ2v) is 5.83. The molecule has 1 aliphatic heterocycles. The van der Waals surface area contributed by atoms with Crippen molar-refractivity contribution < 1.29 is 19.0 Å². The second kappa shape index (κ2) is 4.80. The van der Waals surface area contributed by atoms with Crippen LogP contribution in [0, 0.1) is 0 Å². The van der Waals surface area contributed by atoms with Gasteiger partial charge in [-0.1, -0.05) is 0 Å². The molecule has 1 amide bonds. The Hall–Kier alpha value is -0.840. The van der Waals surface area contributed by atoms with Crippen LogP contribution in [0.1, 0.15) is 40.5 Å². The molecule has 0 bridgehead atoms. The number of ether oxygens (including phenoxy) is 1. The average Bonchev–Trinajstić information content (AvgIpc) is 2.25. The van der Waals surface area contributed by atoms with E-state index in [-0.39, 0.29) is 19.4 Å². The number of nitrogens with zero attached hydrogens (tertiary/aromatic N) is 1. The summed E-state index contributed by atoms with van der Waals surface area (Å²) in [6, 6.07) is 0. The molecule has 1 saturated heterocycles. The van der Waals surface area contributed by atoms with Crippen molar-refractivity contribution in [3.63, 3.8) is 0 Å². The molecule has 100 valence electrons. The third-order valence-electron chi connectivity index (χ3n) is 2.87. The van der Waals surface area contributed by atoms with Crippen LogP contribution < -0.4 is 0 Å². The van der Waals surface area contributed by atoms with Crippen molar-refractivity contribution in [1.82, 2.24) is 4.90 Å². The van der Waals surface area contributed by atoms with Gasteiger partial charge in [0.15, 0.2) is 0 Å². The lowest BCUT2D eigenvalue weighted by molar-refractivity contribution is -0.0220. The molecule has 1 rings (SSSR count).